The van der Waals surface area contributed by atoms with Gasteiger partial charge in [0.25, 0.3) is 5.91 Å². The van der Waals surface area contributed by atoms with Gasteiger partial charge in [-0.05, 0) is 37.1 Å². The van der Waals surface area contributed by atoms with Crippen molar-refractivity contribution in [3.05, 3.63) is 28.3 Å². The fraction of sp³-hybridized carbons (Fsp3) is 0.429. The van der Waals surface area contributed by atoms with Gasteiger partial charge in [-0.1, -0.05) is 11.6 Å². The summed E-state index contributed by atoms with van der Waals surface area (Å²) in [5, 5.41) is 11.3. The SMILES string of the molecule is Cc1cc(OCC(=O)NC(CC(F)F)C(=O)O)cc(C)c1Cl. The lowest BCUT2D eigenvalue weighted by molar-refractivity contribution is -0.143. The maximum atomic E-state index is 12.2. The van der Waals surface area contributed by atoms with Crippen molar-refractivity contribution in [3.63, 3.8) is 0 Å². The summed E-state index contributed by atoms with van der Waals surface area (Å²) in [6.07, 6.45) is -3.79. The van der Waals surface area contributed by atoms with Gasteiger partial charge >= 0.3 is 5.97 Å². The fourth-order valence-corrected chi connectivity index (χ4v) is 1.88. The summed E-state index contributed by atoms with van der Waals surface area (Å²) in [5.74, 6) is -1.93. The monoisotopic (exact) mass is 335 g/mol. The molecular formula is C14H16ClF2NO4. The summed E-state index contributed by atoms with van der Waals surface area (Å²) in [4.78, 5) is 22.3. The Morgan fingerprint density at radius 3 is 2.32 bits per heavy atom. The van der Waals surface area contributed by atoms with Crippen molar-refractivity contribution >= 4 is 23.5 Å². The lowest BCUT2D eigenvalue weighted by Crippen LogP contribution is -2.44. The van der Waals surface area contributed by atoms with Gasteiger partial charge in [0, 0.05) is 11.4 Å². The number of nitrogens with one attached hydrogen (secondary N) is 1. The predicted octanol–water partition coefficient (Wildman–Crippen LogP) is 2.56. The standard InChI is InChI=1S/C14H16ClF2NO4/c1-7-3-9(4-8(2)13(7)15)22-6-12(19)18-10(14(20)21)5-11(16)17/h3-4,10-11H,5-6H2,1-2H3,(H,18,19)(H,20,21). The molecule has 0 bridgehead atoms. The van der Waals surface area contributed by atoms with E-state index < -0.39 is 37.4 Å². The van der Waals surface area contributed by atoms with Crippen LogP contribution in [0.1, 0.15) is 17.5 Å². The maximum absolute atomic E-state index is 12.2. The normalized spacial score (nSPS) is 12.1. The summed E-state index contributed by atoms with van der Waals surface area (Å²) in [6.45, 7) is 3.06. The zero-order valence-corrected chi connectivity index (χ0v) is 12.8. The van der Waals surface area contributed by atoms with Gasteiger partial charge in [-0.15, -0.1) is 0 Å². The Labute approximate surface area is 131 Å². The number of alkyl halides is 2. The number of rotatable bonds is 7. The fourth-order valence-electron chi connectivity index (χ4n) is 1.77. The Balaban J connectivity index is 2.60. The van der Waals surface area contributed by atoms with Crippen LogP contribution in [-0.4, -0.2) is 36.1 Å². The molecule has 0 aliphatic rings. The Hall–Kier alpha value is -1.89. The number of hydrogen-bond donors (Lipinski definition) is 2. The van der Waals surface area contributed by atoms with Crippen molar-refractivity contribution in [2.24, 2.45) is 0 Å². The van der Waals surface area contributed by atoms with Crippen molar-refractivity contribution in [3.8, 4) is 5.75 Å². The molecule has 122 valence electrons. The smallest absolute Gasteiger partial charge is 0.326 e. The van der Waals surface area contributed by atoms with Crippen LogP contribution in [0.5, 0.6) is 5.75 Å². The Morgan fingerprint density at radius 2 is 1.86 bits per heavy atom. The van der Waals surface area contributed by atoms with Gasteiger partial charge in [0.1, 0.15) is 11.8 Å². The second-order valence-corrected chi connectivity index (χ2v) is 5.12. The van der Waals surface area contributed by atoms with Gasteiger partial charge in [-0.2, -0.15) is 0 Å². The first-order chi connectivity index (χ1) is 10.2. The summed E-state index contributed by atoms with van der Waals surface area (Å²) in [7, 11) is 0. The van der Waals surface area contributed by atoms with Crippen LogP contribution < -0.4 is 10.1 Å². The maximum Gasteiger partial charge on any atom is 0.326 e. The number of halogens is 3. The van der Waals surface area contributed by atoms with Crippen molar-refractivity contribution in [1.82, 2.24) is 5.32 Å². The average molecular weight is 336 g/mol. The third kappa shape index (κ3) is 5.48. The molecule has 1 rings (SSSR count). The summed E-state index contributed by atoms with van der Waals surface area (Å²) in [5.41, 5.74) is 1.52. The zero-order valence-electron chi connectivity index (χ0n) is 12.0. The predicted molar refractivity (Wildman–Crippen MR) is 76.6 cm³/mol. The molecule has 0 fully saturated rings. The van der Waals surface area contributed by atoms with Gasteiger partial charge in [-0.3, -0.25) is 4.79 Å². The Kier molecular flexibility index (Phi) is 6.55. The van der Waals surface area contributed by atoms with Crippen LogP contribution in [0.15, 0.2) is 12.1 Å². The van der Waals surface area contributed by atoms with Crippen LogP contribution in [-0.2, 0) is 9.59 Å². The molecule has 0 aromatic heterocycles. The highest BCUT2D eigenvalue weighted by molar-refractivity contribution is 6.32. The van der Waals surface area contributed by atoms with Gasteiger partial charge in [-0.25, -0.2) is 13.6 Å². The van der Waals surface area contributed by atoms with Gasteiger partial charge in [0.2, 0.25) is 6.43 Å². The van der Waals surface area contributed by atoms with Crippen LogP contribution in [0.4, 0.5) is 8.78 Å². The molecule has 1 aromatic carbocycles. The van der Waals surface area contributed by atoms with Gasteiger partial charge in [0.15, 0.2) is 6.61 Å². The van der Waals surface area contributed by atoms with Crippen LogP contribution in [0.2, 0.25) is 5.02 Å². The van der Waals surface area contributed by atoms with E-state index in [0.717, 1.165) is 11.1 Å². The van der Waals surface area contributed by atoms with E-state index in [4.69, 9.17) is 21.4 Å². The highest BCUT2D eigenvalue weighted by atomic mass is 35.5. The molecule has 0 aliphatic heterocycles. The summed E-state index contributed by atoms with van der Waals surface area (Å²) >= 11 is 5.99. The van der Waals surface area contributed by atoms with Crippen molar-refractivity contribution in [1.29, 1.82) is 0 Å². The first-order valence-corrected chi connectivity index (χ1v) is 6.78. The molecule has 0 heterocycles. The molecule has 0 saturated carbocycles. The van der Waals surface area contributed by atoms with Crippen LogP contribution in [0.25, 0.3) is 0 Å². The number of carbonyl (C=O) groups is 2. The molecule has 5 nitrogen and oxygen atoms in total. The van der Waals surface area contributed by atoms with E-state index in [2.05, 4.69) is 0 Å². The Morgan fingerprint density at radius 1 is 1.32 bits per heavy atom. The number of carboxylic acids is 1. The van der Waals surface area contributed by atoms with E-state index >= 15 is 0 Å². The molecule has 22 heavy (non-hydrogen) atoms. The second-order valence-electron chi connectivity index (χ2n) is 4.74. The molecule has 0 spiro atoms. The highest BCUT2D eigenvalue weighted by Crippen LogP contribution is 2.25. The van der Waals surface area contributed by atoms with E-state index in [1.165, 1.54) is 0 Å². The minimum absolute atomic E-state index is 0.385. The van der Waals surface area contributed by atoms with Crippen molar-refractivity contribution in [2.75, 3.05) is 6.61 Å². The molecule has 2 N–H and O–H groups in total. The number of benzene rings is 1. The highest BCUT2D eigenvalue weighted by Gasteiger charge is 2.24. The van der Waals surface area contributed by atoms with Crippen LogP contribution in [0.3, 0.4) is 0 Å². The van der Waals surface area contributed by atoms with Gasteiger partial charge in [0.05, 0.1) is 0 Å². The number of aryl methyl sites for hydroxylation is 2. The molecule has 1 unspecified atom stereocenters. The first-order valence-electron chi connectivity index (χ1n) is 6.40. The quantitative estimate of drug-likeness (QED) is 0.803. The number of aliphatic carboxylic acids is 1. The number of amides is 1. The molecule has 1 atom stereocenters. The second kappa shape index (κ2) is 7.93. The number of ether oxygens (including phenoxy) is 1. The average Bonchev–Trinajstić information content (AvgIpc) is 2.41. The number of hydrogen-bond acceptors (Lipinski definition) is 3. The van der Waals surface area contributed by atoms with Gasteiger partial charge < -0.3 is 15.2 Å². The molecule has 1 aromatic rings. The third-order valence-electron chi connectivity index (χ3n) is 2.83. The minimum atomic E-state index is -2.83. The minimum Gasteiger partial charge on any atom is -0.484 e. The largest absolute Gasteiger partial charge is 0.484 e. The Bertz CT molecular complexity index is 543. The lowest BCUT2D eigenvalue weighted by atomic mass is 10.1. The summed E-state index contributed by atoms with van der Waals surface area (Å²) < 4.78 is 29.6. The lowest BCUT2D eigenvalue weighted by Gasteiger charge is -2.15. The number of carboxylic acid groups (broad SMARTS) is 1. The molecular weight excluding hydrogens is 320 g/mol. The molecule has 0 aliphatic carbocycles. The number of carbonyl (C=O) groups excluding carboxylic acids is 1. The molecule has 0 saturated heterocycles. The van der Waals surface area contributed by atoms with E-state index in [-0.39, 0.29) is 0 Å². The van der Waals surface area contributed by atoms with Crippen LogP contribution >= 0.6 is 11.6 Å². The topological polar surface area (TPSA) is 75.6 Å². The molecule has 8 heteroatoms. The summed E-state index contributed by atoms with van der Waals surface area (Å²) in [6, 6.07) is 1.59. The van der Waals surface area contributed by atoms with Crippen LogP contribution in [0, 0.1) is 13.8 Å². The molecule has 1 amide bonds. The zero-order chi connectivity index (χ0) is 16.9. The van der Waals surface area contributed by atoms with Crippen molar-refractivity contribution in [2.45, 2.75) is 32.7 Å². The van der Waals surface area contributed by atoms with E-state index in [9.17, 15) is 18.4 Å². The van der Waals surface area contributed by atoms with E-state index in [1.54, 1.807) is 26.0 Å². The van der Waals surface area contributed by atoms with E-state index in [0.29, 0.717) is 10.8 Å². The molecule has 0 radical (unpaired) electrons. The third-order valence-corrected chi connectivity index (χ3v) is 3.42. The van der Waals surface area contributed by atoms with Crippen molar-refractivity contribution < 1.29 is 28.2 Å². The first kappa shape index (κ1) is 18.2. The van der Waals surface area contributed by atoms with E-state index in [1.807, 2.05) is 5.32 Å².